The second-order valence-electron chi connectivity index (χ2n) is 9.82. The molecule has 2 N–H and O–H groups in total. The summed E-state index contributed by atoms with van der Waals surface area (Å²) in [5.74, 6) is -0.488. The molecule has 0 saturated heterocycles. The van der Waals surface area contributed by atoms with E-state index in [2.05, 4.69) is 46.6 Å². The molecule has 3 aromatic rings. The van der Waals surface area contributed by atoms with E-state index < -0.39 is 5.91 Å². The molecule has 36 heavy (non-hydrogen) atoms. The fraction of sp³-hybridized carbons (Fsp3) is 0.423. The molecule has 10 heteroatoms. The first-order valence-electron chi connectivity index (χ1n) is 11.9. The number of hydrogen-bond acceptors (Lipinski definition) is 9. The summed E-state index contributed by atoms with van der Waals surface area (Å²) in [6, 6.07) is 11.4. The van der Waals surface area contributed by atoms with Crippen LogP contribution in [0.1, 0.15) is 62.7 Å². The van der Waals surface area contributed by atoms with Crippen molar-refractivity contribution in [2.45, 2.75) is 58.0 Å². The number of pyridine rings is 1. The number of aromatic nitrogens is 3. The van der Waals surface area contributed by atoms with E-state index in [0.29, 0.717) is 11.6 Å². The van der Waals surface area contributed by atoms with Crippen molar-refractivity contribution in [1.29, 1.82) is 0 Å². The first-order valence-corrected chi connectivity index (χ1v) is 11.9. The van der Waals surface area contributed by atoms with Crippen molar-refractivity contribution >= 4 is 29.3 Å². The van der Waals surface area contributed by atoms with E-state index in [-0.39, 0.29) is 35.3 Å². The van der Waals surface area contributed by atoms with Gasteiger partial charge in [0.15, 0.2) is 0 Å². The van der Waals surface area contributed by atoms with Crippen LogP contribution in [0, 0.1) is 5.92 Å². The lowest BCUT2D eigenvalue weighted by Gasteiger charge is -2.27. The average molecular weight is 494 g/mol. The van der Waals surface area contributed by atoms with Gasteiger partial charge < -0.3 is 24.5 Å². The molecule has 190 valence electrons. The molecule has 10 nitrogen and oxygen atoms in total. The number of nitrogens with zero attached hydrogens (tertiary/aromatic N) is 3. The Hall–Kier alpha value is -3.95. The van der Waals surface area contributed by atoms with Crippen molar-refractivity contribution in [3.63, 3.8) is 0 Å². The van der Waals surface area contributed by atoms with Gasteiger partial charge in [-0.3, -0.25) is 9.59 Å². The van der Waals surface area contributed by atoms with E-state index in [0.717, 1.165) is 31.4 Å². The Morgan fingerprint density at radius 3 is 2.28 bits per heavy atom. The van der Waals surface area contributed by atoms with Gasteiger partial charge in [-0.1, -0.05) is 38.0 Å². The van der Waals surface area contributed by atoms with E-state index >= 15 is 0 Å². The second kappa shape index (κ2) is 10.8. The Bertz CT molecular complexity index is 1180. The maximum atomic E-state index is 12.5. The lowest BCUT2D eigenvalue weighted by molar-refractivity contribution is -0.147. The smallest absolute Gasteiger partial charge is 0.320 e. The third-order valence-electron chi connectivity index (χ3n) is 6.11. The van der Waals surface area contributed by atoms with E-state index in [1.54, 1.807) is 12.1 Å². The van der Waals surface area contributed by atoms with Gasteiger partial charge in [-0.15, -0.1) is 5.10 Å². The highest BCUT2D eigenvalue weighted by Gasteiger charge is 2.28. The molecule has 2 heterocycles. The summed E-state index contributed by atoms with van der Waals surface area (Å²) in [7, 11) is 1.41. The van der Waals surface area contributed by atoms with Crippen LogP contribution < -0.4 is 15.4 Å². The topological polar surface area (TPSA) is 128 Å². The van der Waals surface area contributed by atoms with Crippen LogP contribution in [0.25, 0.3) is 0 Å². The van der Waals surface area contributed by atoms with Gasteiger partial charge in [-0.2, -0.15) is 0 Å². The summed E-state index contributed by atoms with van der Waals surface area (Å²) in [6.07, 6.45) is 4.47. The van der Waals surface area contributed by atoms with Crippen molar-refractivity contribution in [3.8, 4) is 5.88 Å². The van der Waals surface area contributed by atoms with E-state index in [1.165, 1.54) is 18.9 Å². The molecule has 0 atom stereocenters. The summed E-state index contributed by atoms with van der Waals surface area (Å²) in [4.78, 5) is 28.4. The lowest BCUT2D eigenvalue weighted by Crippen LogP contribution is -2.28. The molecule has 0 spiro atoms. The minimum Gasteiger partial charge on any atom is -0.474 e. The molecule has 0 aliphatic heterocycles. The Kier molecular flexibility index (Phi) is 7.52. The van der Waals surface area contributed by atoms with Gasteiger partial charge in [-0.05, 0) is 54.9 Å². The highest BCUT2D eigenvalue weighted by molar-refractivity contribution is 6.00. The third kappa shape index (κ3) is 6.38. The maximum absolute atomic E-state index is 12.5. The number of anilines is 3. The SMILES string of the molecule is COC(=O)[C@H]1CC[C@H](Oc2ccc(NC(=O)c3nnc(Nc4ccc(C(C)(C)C)cc4)o3)cn2)CC1. The first-order chi connectivity index (χ1) is 17.2. The molecule has 1 fully saturated rings. The minimum atomic E-state index is -0.546. The van der Waals surface area contributed by atoms with Crippen LogP contribution in [-0.4, -0.2) is 40.3 Å². The zero-order valence-electron chi connectivity index (χ0n) is 20.9. The number of methoxy groups -OCH3 is 1. The van der Waals surface area contributed by atoms with E-state index in [9.17, 15) is 9.59 Å². The Balaban J connectivity index is 1.27. The van der Waals surface area contributed by atoms with Gasteiger partial charge >= 0.3 is 23.8 Å². The van der Waals surface area contributed by atoms with Crippen molar-refractivity contribution in [2.75, 3.05) is 17.7 Å². The van der Waals surface area contributed by atoms with Crippen LogP contribution in [0.15, 0.2) is 47.0 Å². The molecule has 0 unspecified atom stereocenters. The van der Waals surface area contributed by atoms with E-state index in [4.69, 9.17) is 13.9 Å². The van der Waals surface area contributed by atoms with Gasteiger partial charge in [0.2, 0.25) is 5.88 Å². The molecule has 0 bridgehead atoms. The summed E-state index contributed by atoms with van der Waals surface area (Å²) in [6.45, 7) is 6.44. The summed E-state index contributed by atoms with van der Waals surface area (Å²) in [5, 5.41) is 13.4. The third-order valence-corrected chi connectivity index (χ3v) is 6.11. The van der Waals surface area contributed by atoms with Crippen LogP contribution in [0.4, 0.5) is 17.4 Å². The highest BCUT2D eigenvalue weighted by Crippen LogP contribution is 2.28. The molecule has 1 aliphatic rings. The minimum absolute atomic E-state index is 0.00664. The van der Waals surface area contributed by atoms with Crippen molar-refractivity contribution in [1.82, 2.24) is 15.2 Å². The molecule has 0 radical (unpaired) electrons. The zero-order valence-corrected chi connectivity index (χ0v) is 20.9. The van der Waals surface area contributed by atoms with Crippen LogP contribution in [-0.2, 0) is 14.9 Å². The van der Waals surface area contributed by atoms with Crippen molar-refractivity contribution in [2.24, 2.45) is 5.92 Å². The predicted molar refractivity (Wildman–Crippen MR) is 133 cm³/mol. The standard InChI is InChI=1S/C26H31N5O5/c1-26(2,3)17-7-9-18(10-8-17)29-25-31-30-23(36-25)22(32)28-19-11-14-21(27-15-19)35-20-12-5-16(6-13-20)24(33)34-4/h7-11,14-16,20H,5-6,12-13H2,1-4H3,(H,28,32)(H,29,31)/t16-,20-. The monoisotopic (exact) mass is 493 g/mol. The summed E-state index contributed by atoms with van der Waals surface area (Å²) >= 11 is 0. The van der Waals surface area contributed by atoms with Crippen molar-refractivity contribution in [3.05, 3.63) is 54.0 Å². The number of ether oxygens (including phenoxy) is 2. The fourth-order valence-electron chi connectivity index (χ4n) is 4.00. The normalized spacial score (nSPS) is 17.8. The number of rotatable bonds is 7. The first kappa shape index (κ1) is 25.2. The van der Waals surface area contributed by atoms with Gasteiger partial charge in [0.05, 0.1) is 24.9 Å². The van der Waals surface area contributed by atoms with E-state index in [1.807, 2.05) is 24.3 Å². The van der Waals surface area contributed by atoms with Gasteiger partial charge in [0.1, 0.15) is 6.10 Å². The van der Waals surface area contributed by atoms with Crippen LogP contribution in [0.2, 0.25) is 0 Å². The number of carbonyl (C=O) groups is 2. The predicted octanol–water partition coefficient (Wildman–Crippen LogP) is 4.87. The Labute approximate surface area is 209 Å². The van der Waals surface area contributed by atoms with Gasteiger partial charge in [0.25, 0.3) is 0 Å². The summed E-state index contributed by atoms with van der Waals surface area (Å²) < 4.78 is 16.2. The van der Waals surface area contributed by atoms with Crippen molar-refractivity contribution < 1.29 is 23.5 Å². The maximum Gasteiger partial charge on any atom is 0.320 e. The Morgan fingerprint density at radius 1 is 0.972 bits per heavy atom. The molecular weight excluding hydrogens is 462 g/mol. The lowest BCUT2D eigenvalue weighted by atomic mass is 9.87. The number of benzene rings is 1. The molecule has 1 aromatic carbocycles. The largest absolute Gasteiger partial charge is 0.474 e. The fourth-order valence-corrected chi connectivity index (χ4v) is 4.00. The second-order valence-corrected chi connectivity index (χ2v) is 9.82. The molecule has 4 rings (SSSR count). The highest BCUT2D eigenvalue weighted by atomic mass is 16.5. The number of amides is 1. The zero-order chi connectivity index (χ0) is 25.7. The molecule has 1 saturated carbocycles. The quantitative estimate of drug-likeness (QED) is 0.443. The molecular formula is C26H31N5O5. The van der Waals surface area contributed by atoms with Crippen LogP contribution >= 0.6 is 0 Å². The number of hydrogen-bond donors (Lipinski definition) is 2. The van der Waals surface area contributed by atoms with Crippen LogP contribution in [0.5, 0.6) is 5.88 Å². The summed E-state index contributed by atoms with van der Waals surface area (Å²) in [5.41, 5.74) is 2.50. The number of esters is 1. The number of nitrogens with one attached hydrogen (secondary N) is 2. The van der Waals surface area contributed by atoms with Gasteiger partial charge in [0, 0.05) is 11.8 Å². The van der Waals surface area contributed by atoms with Gasteiger partial charge in [-0.25, -0.2) is 4.98 Å². The molecule has 2 aromatic heterocycles. The molecule has 1 amide bonds. The Morgan fingerprint density at radius 2 is 1.67 bits per heavy atom. The van der Waals surface area contributed by atoms with Crippen LogP contribution in [0.3, 0.4) is 0 Å². The molecule has 1 aliphatic carbocycles. The number of carbonyl (C=O) groups excluding carboxylic acids is 2. The average Bonchev–Trinajstić information content (AvgIpc) is 3.34.